The van der Waals surface area contributed by atoms with Crippen LogP contribution in [0.2, 0.25) is 0 Å². The molecule has 25 heavy (non-hydrogen) atoms. The van der Waals surface area contributed by atoms with Crippen molar-refractivity contribution in [2.24, 2.45) is 7.05 Å². The lowest BCUT2D eigenvalue weighted by atomic mass is 9.94. The van der Waals surface area contributed by atoms with E-state index in [4.69, 9.17) is 10.7 Å². The van der Waals surface area contributed by atoms with Crippen LogP contribution < -0.4 is 5.73 Å². The third kappa shape index (κ3) is 2.95. The second-order valence-corrected chi connectivity index (χ2v) is 6.50. The number of hydrogen-bond acceptors (Lipinski definition) is 5. The van der Waals surface area contributed by atoms with Gasteiger partial charge in [0.2, 0.25) is 5.91 Å². The Morgan fingerprint density at radius 3 is 3.08 bits per heavy atom. The first kappa shape index (κ1) is 15.6. The third-order valence-electron chi connectivity index (χ3n) is 4.79. The van der Waals surface area contributed by atoms with Crippen molar-refractivity contribution in [3.05, 3.63) is 36.3 Å². The van der Waals surface area contributed by atoms with E-state index < -0.39 is 0 Å². The fraction of sp³-hybridized carbons (Fsp3) is 0.412. The summed E-state index contributed by atoms with van der Waals surface area (Å²) < 4.78 is 3.37. The predicted octanol–water partition coefficient (Wildman–Crippen LogP) is 1.15. The van der Waals surface area contributed by atoms with Gasteiger partial charge in [0.1, 0.15) is 6.54 Å². The molecule has 4 rings (SSSR count). The van der Waals surface area contributed by atoms with Crippen LogP contribution in [0.25, 0.3) is 11.0 Å². The lowest BCUT2D eigenvalue weighted by Gasteiger charge is -2.32. The van der Waals surface area contributed by atoms with Gasteiger partial charge in [0.05, 0.1) is 5.39 Å². The first-order valence-corrected chi connectivity index (χ1v) is 8.46. The number of anilines is 1. The van der Waals surface area contributed by atoms with Crippen LogP contribution in [-0.4, -0.2) is 48.4 Å². The standard InChI is InChI=1S/C17H21N7O/c1-22-17-13(16(18)21-22)5-6-14(20-17)12-4-2-8-23(10-12)15(25)11-24-9-3-7-19-24/h3,5-7,9,12H,2,4,8,10-11H2,1H3,(H2,18,21)/t12-/m0/s1. The number of aryl methyl sites for hydroxylation is 1. The molecule has 0 saturated carbocycles. The van der Waals surface area contributed by atoms with E-state index in [1.54, 1.807) is 15.6 Å². The molecule has 0 radical (unpaired) electrons. The van der Waals surface area contributed by atoms with Gasteiger partial charge in [-0.05, 0) is 31.0 Å². The normalized spacial score (nSPS) is 18.0. The van der Waals surface area contributed by atoms with E-state index in [9.17, 15) is 4.79 Å². The molecule has 0 bridgehead atoms. The highest BCUT2D eigenvalue weighted by atomic mass is 16.2. The number of piperidine rings is 1. The van der Waals surface area contributed by atoms with Gasteiger partial charge in [0.25, 0.3) is 0 Å². The number of likely N-dealkylation sites (tertiary alicyclic amines) is 1. The summed E-state index contributed by atoms with van der Waals surface area (Å²) in [5.41, 5.74) is 7.68. The van der Waals surface area contributed by atoms with Gasteiger partial charge in [-0.3, -0.25) is 9.48 Å². The summed E-state index contributed by atoms with van der Waals surface area (Å²) in [6, 6.07) is 5.81. The number of aromatic nitrogens is 5. The molecule has 3 aromatic rings. The topological polar surface area (TPSA) is 94.9 Å². The molecule has 3 aromatic heterocycles. The molecular weight excluding hydrogens is 318 g/mol. The van der Waals surface area contributed by atoms with Crippen molar-refractivity contribution in [2.45, 2.75) is 25.3 Å². The largest absolute Gasteiger partial charge is 0.382 e. The van der Waals surface area contributed by atoms with Gasteiger partial charge < -0.3 is 10.6 Å². The van der Waals surface area contributed by atoms with E-state index in [1.807, 2.05) is 36.3 Å². The van der Waals surface area contributed by atoms with Crippen LogP contribution >= 0.6 is 0 Å². The van der Waals surface area contributed by atoms with Gasteiger partial charge >= 0.3 is 0 Å². The Balaban J connectivity index is 1.52. The van der Waals surface area contributed by atoms with E-state index in [-0.39, 0.29) is 18.4 Å². The Hall–Kier alpha value is -2.90. The van der Waals surface area contributed by atoms with Gasteiger partial charge in [0, 0.05) is 44.1 Å². The molecule has 1 fully saturated rings. The smallest absolute Gasteiger partial charge is 0.244 e. The van der Waals surface area contributed by atoms with Crippen molar-refractivity contribution in [2.75, 3.05) is 18.8 Å². The number of hydrogen-bond donors (Lipinski definition) is 1. The van der Waals surface area contributed by atoms with Crippen LogP contribution in [0.15, 0.2) is 30.6 Å². The van der Waals surface area contributed by atoms with Crippen LogP contribution in [0.1, 0.15) is 24.5 Å². The number of fused-ring (bicyclic) bond motifs is 1. The minimum Gasteiger partial charge on any atom is -0.382 e. The molecule has 1 saturated heterocycles. The van der Waals surface area contributed by atoms with Crippen LogP contribution in [0.4, 0.5) is 5.82 Å². The summed E-state index contributed by atoms with van der Waals surface area (Å²) in [4.78, 5) is 19.2. The maximum absolute atomic E-state index is 12.5. The summed E-state index contributed by atoms with van der Waals surface area (Å²) in [7, 11) is 1.84. The zero-order chi connectivity index (χ0) is 17.4. The molecule has 1 aliphatic heterocycles. The maximum atomic E-state index is 12.5. The number of nitrogen functional groups attached to an aromatic ring is 1. The minimum absolute atomic E-state index is 0.0965. The number of carbonyl (C=O) groups is 1. The highest BCUT2D eigenvalue weighted by Gasteiger charge is 2.26. The number of carbonyl (C=O) groups excluding carboxylic acids is 1. The highest BCUT2D eigenvalue weighted by molar-refractivity contribution is 5.86. The molecule has 1 amide bonds. The molecule has 0 unspecified atom stereocenters. The first-order valence-electron chi connectivity index (χ1n) is 8.46. The number of nitrogens with two attached hydrogens (primary N) is 1. The molecule has 0 aliphatic carbocycles. The number of amides is 1. The average molecular weight is 339 g/mol. The van der Waals surface area contributed by atoms with Crippen molar-refractivity contribution >= 4 is 22.8 Å². The molecule has 0 spiro atoms. The third-order valence-corrected chi connectivity index (χ3v) is 4.79. The Bertz CT molecular complexity index is 899. The lowest BCUT2D eigenvalue weighted by molar-refractivity contribution is -0.133. The van der Waals surface area contributed by atoms with Gasteiger partial charge in [0.15, 0.2) is 11.5 Å². The fourth-order valence-corrected chi connectivity index (χ4v) is 3.48. The van der Waals surface area contributed by atoms with E-state index in [0.29, 0.717) is 12.4 Å². The molecule has 1 atom stereocenters. The summed E-state index contributed by atoms with van der Waals surface area (Å²) in [5, 5.41) is 9.20. The average Bonchev–Trinajstić information content (AvgIpc) is 3.23. The summed E-state index contributed by atoms with van der Waals surface area (Å²) in [6.45, 7) is 1.76. The molecule has 1 aliphatic rings. The van der Waals surface area contributed by atoms with Gasteiger partial charge in [-0.25, -0.2) is 9.67 Å². The number of rotatable bonds is 3. The van der Waals surface area contributed by atoms with Crippen molar-refractivity contribution in [3.8, 4) is 0 Å². The summed E-state index contributed by atoms with van der Waals surface area (Å²) in [5.74, 6) is 0.825. The van der Waals surface area contributed by atoms with Crippen LogP contribution in [0, 0.1) is 0 Å². The molecule has 2 N–H and O–H groups in total. The molecule has 0 aromatic carbocycles. The van der Waals surface area contributed by atoms with Crippen molar-refractivity contribution < 1.29 is 4.79 Å². The Morgan fingerprint density at radius 2 is 2.28 bits per heavy atom. The maximum Gasteiger partial charge on any atom is 0.244 e. The number of pyridine rings is 1. The summed E-state index contributed by atoms with van der Waals surface area (Å²) >= 11 is 0. The SMILES string of the molecule is Cn1nc(N)c2ccc([C@H]3CCCN(C(=O)Cn4cccn4)C3)nc21. The van der Waals surface area contributed by atoms with E-state index in [1.165, 1.54) is 0 Å². The molecule has 4 heterocycles. The van der Waals surface area contributed by atoms with Crippen molar-refractivity contribution in [3.63, 3.8) is 0 Å². The zero-order valence-corrected chi connectivity index (χ0v) is 14.2. The van der Waals surface area contributed by atoms with E-state index in [0.717, 1.165) is 36.1 Å². The van der Waals surface area contributed by atoms with E-state index in [2.05, 4.69) is 10.2 Å². The molecule has 130 valence electrons. The Kier molecular flexibility index (Phi) is 3.87. The highest BCUT2D eigenvalue weighted by Crippen LogP contribution is 2.28. The molecular formula is C17H21N7O. The van der Waals surface area contributed by atoms with Crippen LogP contribution in [0.5, 0.6) is 0 Å². The van der Waals surface area contributed by atoms with Crippen LogP contribution in [0.3, 0.4) is 0 Å². The van der Waals surface area contributed by atoms with Gasteiger partial charge in [-0.15, -0.1) is 0 Å². The zero-order valence-electron chi connectivity index (χ0n) is 14.2. The predicted molar refractivity (Wildman–Crippen MR) is 93.7 cm³/mol. The summed E-state index contributed by atoms with van der Waals surface area (Å²) in [6.07, 6.45) is 5.49. The quantitative estimate of drug-likeness (QED) is 0.772. The van der Waals surface area contributed by atoms with Crippen LogP contribution in [-0.2, 0) is 18.4 Å². The second kappa shape index (κ2) is 6.19. The monoisotopic (exact) mass is 339 g/mol. The van der Waals surface area contributed by atoms with Crippen molar-refractivity contribution in [1.29, 1.82) is 0 Å². The van der Waals surface area contributed by atoms with Crippen molar-refractivity contribution in [1.82, 2.24) is 29.4 Å². The number of nitrogens with zero attached hydrogens (tertiary/aromatic N) is 6. The fourth-order valence-electron chi connectivity index (χ4n) is 3.48. The Labute approximate surface area is 145 Å². The first-order chi connectivity index (χ1) is 12.1. The van der Waals surface area contributed by atoms with E-state index >= 15 is 0 Å². The lowest BCUT2D eigenvalue weighted by Crippen LogP contribution is -2.41. The Morgan fingerprint density at radius 1 is 1.40 bits per heavy atom. The molecule has 8 heteroatoms. The van der Waals surface area contributed by atoms with Gasteiger partial charge in [-0.2, -0.15) is 10.2 Å². The molecule has 8 nitrogen and oxygen atoms in total. The van der Waals surface area contributed by atoms with Gasteiger partial charge in [-0.1, -0.05) is 0 Å². The second-order valence-electron chi connectivity index (χ2n) is 6.50. The minimum atomic E-state index is 0.0965.